The molecule has 0 saturated heterocycles. The fourth-order valence-electron chi connectivity index (χ4n) is 1.21. The Morgan fingerprint density at radius 1 is 1.38 bits per heavy atom. The Bertz CT molecular complexity index is 439. The molecule has 1 aromatic heterocycles. The maximum absolute atomic E-state index is 12.5. The van der Waals surface area contributed by atoms with Crippen LogP contribution in [0.3, 0.4) is 0 Å². The number of aromatic amines is 1. The number of nitrogens with zero attached hydrogens (tertiary/aromatic N) is 1. The number of nitrogens with one attached hydrogen (secondary N) is 1. The number of alkyl halides is 2. The van der Waals surface area contributed by atoms with Gasteiger partial charge in [0.1, 0.15) is 0 Å². The summed E-state index contributed by atoms with van der Waals surface area (Å²) < 4.78 is 25.6. The van der Waals surface area contributed by atoms with Crippen LogP contribution in [0, 0.1) is 0 Å². The van der Waals surface area contributed by atoms with E-state index in [1.807, 2.05) is 0 Å². The smallest absolute Gasteiger partial charge is 0.266 e. The molecule has 0 aliphatic carbocycles. The fraction of sp³-hybridized carbons (Fsp3) is 0.125. The van der Waals surface area contributed by atoms with Crippen molar-refractivity contribution in [2.24, 2.45) is 0 Å². The molecule has 0 bridgehead atoms. The second-order valence-corrected chi connectivity index (χ2v) is 3.51. The Morgan fingerprint density at radius 3 is 2.85 bits per heavy atom. The van der Waals surface area contributed by atoms with Crippen LogP contribution in [0.2, 0.25) is 0 Å². The average molecular weight is 247 g/mol. The Hall–Kier alpha value is -0.970. The van der Waals surface area contributed by atoms with Crippen LogP contribution >= 0.6 is 15.9 Å². The molecule has 0 atom stereocenters. The molecule has 13 heavy (non-hydrogen) atoms. The van der Waals surface area contributed by atoms with Gasteiger partial charge in [-0.25, -0.2) is 13.8 Å². The van der Waals surface area contributed by atoms with Gasteiger partial charge >= 0.3 is 0 Å². The Morgan fingerprint density at radius 2 is 2.15 bits per heavy atom. The largest absolute Gasteiger partial charge is 0.345 e. The lowest BCUT2D eigenvalue weighted by Crippen LogP contribution is -1.86. The highest BCUT2D eigenvalue weighted by Gasteiger charge is 2.13. The molecule has 0 spiro atoms. The first-order valence-electron chi connectivity index (χ1n) is 3.59. The molecule has 1 heterocycles. The first-order chi connectivity index (χ1) is 6.18. The van der Waals surface area contributed by atoms with Gasteiger partial charge in [0.15, 0.2) is 0 Å². The maximum atomic E-state index is 12.5. The van der Waals surface area contributed by atoms with Crippen LogP contribution in [0.4, 0.5) is 8.78 Å². The number of halogens is 3. The van der Waals surface area contributed by atoms with Gasteiger partial charge < -0.3 is 4.98 Å². The minimum Gasteiger partial charge on any atom is -0.345 e. The molecule has 0 aliphatic heterocycles. The van der Waals surface area contributed by atoms with Crippen molar-refractivity contribution in [3.05, 3.63) is 28.5 Å². The predicted molar refractivity (Wildman–Crippen MR) is 48.8 cm³/mol. The summed E-state index contributed by atoms with van der Waals surface area (Å²) in [6.45, 7) is 0. The average Bonchev–Trinajstić information content (AvgIpc) is 2.49. The van der Waals surface area contributed by atoms with E-state index in [9.17, 15) is 8.78 Å². The van der Waals surface area contributed by atoms with Gasteiger partial charge in [-0.3, -0.25) is 0 Å². The van der Waals surface area contributed by atoms with Crippen molar-refractivity contribution in [3.63, 3.8) is 0 Å². The molecule has 0 radical (unpaired) electrons. The van der Waals surface area contributed by atoms with Crippen molar-refractivity contribution in [1.29, 1.82) is 0 Å². The number of fused-ring (bicyclic) bond motifs is 1. The van der Waals surface area contributed by atoms with Crippen molar-refractivity contribution < 1.29 is 8.78 Å². The van der Waals surface area contributed by atoms with Crippen molar-refractivity contribution in [3.8, 4) is 0 Å². The molecular weight excluding hydrogens is 242 g/mol. The van der Waals surface area contributed by atoms with Crippen LogP contribution in [-0.2, 0) is 0 Å². The highest BCUT2D eigenvalue weighted by atomic mass is 79.9. The summed E-state index contributed by atoms with van der Waals surface area (Å²) in [5.41, 5.74) is 0.897. The second-order valence-electron chi connectivity index (χ2n) is 2.59. The lowest BCUT2D eigenvalue weighted by Gasteiger charge is -2.01. The molecule has 0 aliphatic rings. The quantitative estimate of drug-likeness (QED) is 0.823. The van der Waals surface area contributed by atoms with Crippen LogP contribution in [0.25, 0.3) is 11.0 Å². The summed E-state index contributed by atoms with van der Waals surface area (Å²) in [7, 11) is 0. The molecule has 0 saturated carbocycles. The van der Waals surface area contributed by atoms with E-state index in [1.54, 1.807) is 6.07 Å². The normalized spacial score (nSPS) is 11.4. The minimum atomic E-state index is -2.50. The van der Waals surface area contributed by atoms with Gasteiger partial charge in [0.25, 0.3) is 6.43 Å². The summed E-state index contributed by atoms with van der Waals surface area (Å²) in [6.07, 6.45) is -1.09. The zero-order valence-electron chi connectivity index (χ0n) is 6.39. The van der Waals surface area contributed by atoms with E-state index < -0.39 is 6.43 Å². The number of imidazole rings is 1. The highest BCUT2D eigenvalue weighted by molar-refractivity contribution is 9.10. The van der Waals surface area contributed by atoms with Gasteiger partial charge in [-0.05, 0) is 12.1 Å². The minimum absolute atomic E-state index is 0.0503. The van der Waals surface area contributed by atoms with Crippen molar-refractivity contribution in [1.82, 2.24) is 9.97 Å². The molecule has 1 N–H and O–H groups in total. The van der Waals surface area contributed by atoms with Crippen LogP contribution in [0.5, 0.6) is 0 Å². The molecule has 0 amide bonds. The summed E-state index contributed by atoms with van der Waals surface area (Å²) >= 11 is 3.16. The molecule has 0 fully saturated rings. The zero-order valence-corrected chi connectivity index (χ0v) is 7.98. The van der Waals surface area contributed by atoms with Crippen LogP contribution in [0.15, 0.2) is 22.9 Å². The first kappa shape index (κ1) is 8.62. The SMILES string of the molecule is FC(F)c1cc(Br)cc2[nH]cnc12. The first-order valence-corrected chi connectivity index (χ1v) is 4.38. The number of hydrogen-bond donors (Lipinski definition) is 1. The van der Waals surface area contributed by atoms with E-state index in [1.165, 1.54) is 12.4 Å². The summed E-state index contributed by atoms with van der Waals surface area (Å²) in [5, 5.41) is 0. The highest BCUT2D eigenvalue weighted by Crippen LogP contribution is 2.29. The number of rotatable bonds is 1. The summed E-state index contributed by atoms with van der Waals surface area (Å²) in [6, 6.07) is 3.10. The molecule has 2 nitrogen and oxygen atoms in total. The third-order valence-corrected chi connectivity index (χ3v) is 2.21. The van der Waals surface area contributed by atoms with Gasteiger partial charge in [-0.2, -0.15) is 0 Å². The monoisotopic (exact) mass is 246 g/mol. The maximum Gasteiger partial charge on any atom is 0.266 e. The topological polar surface area (TPSA) is 28.7 Å². The number of aromatic nitrogens is 2. The van der Waals surface area contributed by atoms with Gasteiger partial charge in [-0.1, -0.05) is 15.9 Å². The number of benzene rings is 1. The van der Waals surface area contributed by atoms with E-state index in [0.29, 0.717) is 15.5 Å². The van der Waals surface area contributed by atoms with Crippen molar-refractivity contribution in [2.45, 2.75) is 6.43 Å². The number of hydrogen-bond acceptors (Lipinski definition) is 1. The molecule has 2 rings (SSSR count). The molecule has 5 heteroatoms. The van der Waals surface area contributed by atoms with Gasteiger partial charge in [0, 0.05) is 10.0 Å². The lowest BCUT2D eigenvalue weighted by atomic mass is 10.2. The van der Waals surface area contributed by atoms with Gasteiger partial charge in [0.2, 0.25) is 0 Å². The molecular formula is C8H5BrF2N2. The summed E-state index contributed by atoms with van der Waals surface area (Å²) in [4.78, 5) is 6.61. The standard InChI is InChI=1S/C8H5BrF2N2/c9-4-1-5(8(10)11)7-6(2-4)12-3-13-7/h1-3,8H,(H,12,13). The Labute approximate surface area is 81.1 Å². The van der Waals surface area contributed by atoms with Crippen LogP contribution in [0.1, 0.15) is 12.0 Å². The van der Waals surface area contributed by atoms with Crippen molar-refractivity contribution >= 4 is 27.0 Å². The molecule has 2 aromatic rings. The van der Waals surface area contributed by atoms with Gasteiger partial charge in [0.05, 0.1) is 17.4 Å². The van der Waals surface area contributed by atoms with E-state index in [0.717, 1.165) is 0 Å². The fourth-order valence-corrected chi connectivity index (χ4v) is 1.68. The second kappa shape index (κ2) is 3.06. The third kappa shape index (κ3) is 1.44. The molecule has 0 unspecified atom stereocenters. The molecule has 1 aromatic carbocycles. The number of H-pyrrole nitrogens is 1. The van der Waals surface area contributed by atoms with Crippen molar-refractivity contribution in [2.75, 3.05) is 0 Å². The van der Waals surface area contributed by atoms with Crippen LogP contribution < -0.4 is 0 Å². The van der Waals surface area contributed by atoms with E-state index >= 15 is 0 Å². The molecule has 68 valence electrons. The zero-order chi connectivity index (χ0) is 9.42. The van der Waals surface area contributed by atoms with E-state index in [4.69, 9.17) is 0 Å². The van der Waals surface area contributed by atoms with E-state index in [-0.39, 0.29) is 5.56 Å². The predicted octanol–water partition coefficient (Wildman–Crippen LogP) is 3.26. The Balaban J connectivity index is 2.77. The Kier molecular flexibility index (Phi) is 2.03. The third-order valence-electron chi connectivity index (χ3n) is 1.75. The van der Waals surface area contributed by atoms with E-state index in [2.05, 4.69) is 25.9 Å². The summed E-state index contributed by atoms with van der Waals surface area (Å²) in [5.74, 6) is 0. The van der Waals surface area contributed by atoms with Crippen LogP contribution in [-0.4, -0.2) is 9.97 Å². The van der Waals surface area contributed by atoms with Gasteiger partial charge in [-0.15, -0.1) is 0 Å². The lowest BCUT2D eigenvalue weighted by molar-refractivity contribution is 0.153.